The average Bonchev–Trinajstić information content (AvgIpc) is 1.97. The summed E-state index contributed by atoms with van der Waals surface area (Å²) in [4.78, 5) is 10.9. The van der Waals surface area contributed by atoms with E-state index in [0.29, 0.717) is 18.8 Å². The first-order valence-corrected chi connectivity index (χ1v) is 4.17. The van der Waals surface area contributed by atoms with Crippen molar-refractivity contribution >= 4 is 17.5 Å². The van der Waals surface area contributed by atoms with Gasteiger partial charge in [0.15, 0.2) is 0 Å². The number of hydrogen-bond acceptors (Lipinski definition) is 1. The van der Waals surface area contributed by atoms with Crippen molar-refractivity contribution in [1.29, 1.82) is 0 Å². The molecule has 0 aliphatic carbocycles. The normalized spacial score (nSPS) is 9.27. The molecule has 1 amide bonds. The second-order valence-corrected chi connectivity index (χ2v) is 2.90. The molecule has 0 rings (SSSR count). The Kier molecular flexibility index (Phi) is 5.94. The molecule has 11 heavy (non-hydrogen) atoms. The molecule has 0 unspecified atom stereocenters. The van der Waals surface area contributed by atoms with Gasteiger partial charge in [0, 0.05) is 18.8 Å². The van der Waals surface area contributed by atoms with Crippen molar-refractivity contribution in [1.82, 2.24) is 5.32 Å². The van der Waals surface area contributed by atoms with E-state index in [0.717, 1.165) is 12.0 Å². The summed E-state index contributed by atoms with van der Waals surface area (Å²) in [5.41, 5.74) is 0.962. The number of hydrogen-bond donors (Lipinski definition) is 1. The van der Waals surface area contributed by atoms with E-state index >= 15 is 0 Å². The summed E-state index contributed by atoms with van der Waals surface area (Å²) in [7, 11) is 0. The van der Waals surface area contributed by atoms with Crippen molar-refractivity contribution in [2.75, 3.05) is 12.4 Å². The molecule has 0 atom stereocenters. The molecule has 0 heterocycles. The molecule has 1 N–H and O–H groups in total. The van der Waals surface area contributed by atoms with Crippen LogP contribution in [0.1, 0.15) is 19.8 Å². The molecule has 0 aliphatic heterocycles. The molecule has 0 fully saturated rings. The predicted octanol–water partition coefficient (Wildman–Crippen LogP) is 1.70. The fraction of sp³-hybridized carbons (Fsp3) is 0.625. The van der Waals surface area contributed by atoms with Crippen LogP contribution in [-0.2, 0) is 4.79 Å². The Balaban J connectivity index is 3.30. The summed E-state index contributed by atoms with van der Waals surface area (Å²) < 4.78 is 0. The number of nitrogens with one attached hydrogen (secondary N) is 1. The number of halogens is 1. The van der Waals surface area contributed by atoms with Crippen LogP contribution in [0.2, 0.25) is 0 Å². The lowest BCUT2D eigenvalue weighted by Crippen LogP contribution is -2.24. The van der Waals surface area contributed by atoms with E-state index in [1.807, 2.05) is 6.92 Å². The molecule has 0 saturated carbocycles. The Hall–Kier alpha value is -0.500. The smallest absolute Gasteiger partial charge is 0.220 e. The number of amides is 1. The zero-order valence-corrected chi connectivity index (χ0v) is 7.58. The molecule has 0 spiro atoms. The number of carbonyl (C=O) groups excluding carboxylic acids is 1. The maximum absolute atomic E-state index is 10.9. The first kappa shape index (κ1) is 10.5. The van der Waals surface area contributed by atoms with Crippen molar-refractivity contribution in [3.05, 3.63) is 12.2 Å². The second-order valence-electron chi connectivity index (χ2n) is 2.53. The molecule has 2 nitrogen and oxygen atoms in total. The van der Waals surface area contributed by atoms with Crippen LogP contribution in [0.4, 0.5) is 0 Å². The van der Waals surface area contributed by atoms with E-state index in [2.05, 4.69) is 11.9 Å². The fourth-order valence-electron chi connectivity index (χ4n) is 0.565. The highest BCUT2D eigenvalue weighted by atomic mass is 35.5. The van der Waals surface area contributed by atoms with Crippen LogP contribution in [0.3, 0.4) is 0 Å². The minimum Gasteiger partial charge on any atom is -0.352 e. The maximum atomic E-state index is 10.9. The summed E-state index contributed by atoms with van der Waals surface area (Å²) in [5, 5.41) is 2.72. The SMILES string of the molecule is C=C(C)CNC(=O)CCCCl. The zero-order chi connectivity index (χ0) is 8.69. The highest BCUT2D eigenvalue weighted by molar-refractivity contribution is 6.17. The van der Waals surface area contributed by atoms with Crippen molar-refractivity contribution in [3.8, 4) is 0 Å². The van der Waals surface area contributed by atoms with Gasteiger partial charge in [0.05, 0.1) is 0 Å². The van der Waals surface area contributed by atoms with Gasteiger partial charge in [-0.05, 0) is 13.3 Å². The quantitative estimate of drug-likeness (QED) is 0.500. The third kappa shape index (κ3) is 7.40. The molecule has 0 aliphatic rings. The summed E-state index contributed by atoms with van der Waals surface area (Å²) in [6.45, 7) is 6.11. The van der Waals surface area contributed by atoms with Gasteiger partial charge < -0.3 is 5.32 Å². The van der Waals surface area contributed by atoms with Gasteiger partial charge >= 0.3 is 0 Å². The minimum absolute atomic E-state index is 0.0497. The van der Waals surface area contributed by atoms with Gasteiger partial charge in [-0.3, -0.25) is 4.79 Å². The third-order valence-electron chi connectivity index (χ3n) is 1.12. The molecule has 3 heteroatoms. The van der Waals surface area contributed by atoms with Crippen LogP contribution in [0.5, 0.6) is 0 Å². The average molecular weight is 176 g/mol. The zero-order valence-electron chi connectivity index (χ0n) is 6.82. The highest BCUT2D eigenvalue weighted by Gasteiger charge is 1.98. The third-order valence-corrected chi connectivity index (χ3v) is 1.39. The summed E-state index contributed by atoms with van der Waals surface area (Å²) in [5.74, 6) is 0.592. The van der Waals surface area contributed by atoms with E-state index in [9.17, 15) is 4.79 Å². The summed E-state index contributed by atoms with van der Waals surface area (Å²) in [6, 6.07) is 0. The molecule has 0 radical (unpaired) electrons. The largest absolute Gasteiger partial charge is 0.352 e. The van der Waals surface area contributed by atoms with Crippen molar-refractivity contribution in [3.63, 3.8) is 0 Å². The van der Waals surface area contributed by atoms with Crippen LogP contribution in [0.15, 0.2) is 12.2 Å². The van der Waals surface area contributed by atoms with E-state index < -0.39 is 0 Å². The topological polar surface area (TPSA) is 29.1 Å². The van der Waals surface area contributed by atoms with Gasteiger partial charge in [0.25, 0.3) is 0 Å². The highest BCUT2D eigenvalue weighted by Crippen LogP contribution is 1.91. The molecule has 0 saturated heterocycles. The lowest BCUT2D eigenvalue weighted by molar-refractivity contribution is -0.120. The molecular formula is C8H14ClNO. The molecular weight excluding hydrogens is 162 g/mol. The summed E-state index contributed by atoms with van der Waals surface area (Å²) in [6.07, 6.45) is 1.25. The Morgan fingerprint density at radius 1 is 1.64 bits per heavy atom. The maximum Gasteiger partial charge on any atom is 0.220 e. The fourth-order valence-corrected chi connectivity index (χ4v) is 0.699. The van der Waals surface area contributed by atoms with Crippen molar-refractivity contribution in [2.45, 2.75) is 19.8 Å². The van der Waals surface area contributed by atoms with Gasteiger partial charge in [0.1, 0.15) is 0 Å². The van der Waals surface area contributed by atoms with Gasteiger partial charge in [-0.15, -0.1) is 11.6 Å². The van der Waals surface area contributed by atoms with E-state index in [1.165, 1.54) is 0 Å². The van der Waals surface area contributed by atoms with Crippen LogP contribution < -0.4 is 5.32 Å². The van der Waals surface area contributed by atoms with Crippen LogP contribution >= 0.6 is 11.6 Å². The molecule has 0 aromatic rings. The predicted molar refractivity (Wildman–Crippen MR) is 47.8 cm³/mol. The standard InChI is InChI=1S/C8H14ClNO/c1-7(2)6-10-8(11)4-3-5-9/h1,3-6H2,2H3,(H,10,11). The van der Waals surface area contributed by atoms with Crippen LogP contribution in [-0.4, -0.2) is 18.3 Å². The Labute approximate surface area is 72.6 Å². The van der Waals surface area contributed by atoms with Crippen molar-refractivity contribution < 1.29 is 4.79 Å². The lowest BCUT2D eigenvalue weighted by atomic mass is 10.3. The molecule has 0 aromatic heterocycles. The lowest BCUT2D eigenvalue weighted by Gasteiger charge is -2.02. The van der Waals surface area contributed by atoms with E-state index in [1.54, 1.807) is 0 Å². The van der Waals surface area contributed by atoms with Crippen molar-refractivity contribution in [2.24, 2.45) is 0 Å². The monoisotopic (exact) mass is 175 g/mol. The minimum atomic E-state index is 0.0497. The number of alkyl halides is 1. The second kappa shape index (κ2) is 6.23. The van der Waals surface area contributed by atoms with Gasteiger partial charge in [-0.1, -0.05) is 12.2 Å². The molecule has 64 valence electrons. The molecule has 0 bridgehead atoms. The van der Waals surface area contributed by atoms with E-state index in [4.69, 9.17) is 11.6 Å². The van der Waals surface area contributed by atoms with Gasteiger partial charge in [-0.2, -0.15) is 0 Å². The molecule has 0 aromatic carbocycles. The van der Waals surface area contributed by atoms with E-state index in [-0.39, 0.29) is 5.91 Å². The first-order valence-electron chi connectivity index (χ1n) is 3.64. The van der Waals surface area contributed by atoms with Crippen LogP contribution in [0, 0.1) is 0 Å². The first-order chi connectivity index (χ1) is 5.16. The Bertz CT molecular complexity index is 145. The number of carbonyl (C=O) groups is 1. The van der Waals surface area contributed by atoms with Gasteiger partial charge in [0.2, 0.25) is 5.91 Å². The number of rotatable bonds is 5. The summed E-state index contributed by atoms with van der Waals surface area (Å²) >= 11 is 5.41. The Morgan fingerprint density at radius 2 is 2.27 bits per heavy atom. The Morgan fingerprint density at radius 3 is 2.73 bits per heavy atom. The van der Waals surface area contributed by atoms with Crippen LogP contribution in [0.25, 0.3) is 0 Å². The van der Waals surface area contributed by atoms with Gasteiger partial charge in [-0.25, -0.2) is 0 Å².